The molecule has 1 fully saturated rings. The molecule has 0 aromatic heterocycles. The van der Waals surface area contributed by atoms with Crippen molar-refractivity contribution in [3.8, 4) is 5.75 Å². The zero-order valence-corrected chi connectivity index (χ0v) is 21.8. The molecule has 190 valence electrons. The van der Waals surface area contributed by atoms with Gasteiger partial charge in [-0.25, -0.2) is 8.42 Å². The molecular formula is C28H33N3O4S. The molecule has 0 radical (unpaired) electrons. The molecule has 4 rings (SSSR count). The SMILES string of the molecule is C[C@@H](Oc1ccc(N(C)S(C)(=O)=O)cc1)C(=O)N1CCN(C(c2ccccc2)c2ccccc2)CC1. The number of hydrogen-bond acceptors (Lipinski definition) is 5. The van der Waals surface area contributed by atoms with Crippen molar-refractivity contribution < 1.29 is 17.9 Å². The molecule has 0 spiro atoms. The molecule has 0 N–H and O–H groups in total. The van der Waals surface area contributed by atoms with Crippen LogP contribution in [0.5, 0.6) is 5.75 Å². The number of ether oxygens (including phenoxy) is 1. The van der Waals surface area contributed by atoms with E-state index >= 15 is 0 Å². The van der Waals surface area contributed by atoms with Gasteiger partial charge in [-0.2, -0.15) is 0 Å². The number of carbonyl (C=O) groups is 1. The Kier molecular flexibility index (Phi) is 7.96. The monoisotopic (exact) mass is 507 g/mol. The number of benzene rings is 3. The van der Waals surface area contributed by atoms with Crippen molar-refractivity contribution in [2.45, 2.75) is 19.1 Å². The van der Waals surface area contributed by atoms with Crippen LogP contribution in [0.4, 0.5) is 5.69 Å². The fraction of sp³-hybridized carbons (Fsp3) is 0.321. The van der Waals surface area contributed by atoms with Crippen molar-refractivity contribution in [1.82, 2.24) is 9.80 Å². The summed E-state index contributed by atoms with van der Waals surface area (Å²) in [6.45, 7) is 4.53. The van der Waals surface area contributed by atoms with Crippen LogP contribution in [0.15, 0.2) is 84.9 Å². The first kappa shape index (κ1) is 25.7. The zero-order chi connectivity index (χ0) is 25.7. The highest BCUT2D eigenvalue weighted by Crippen LogP contribution is 2.29. The van der Waals surface area contributed by atoms with E-state index in [1.165, 1.54) is 22.5 Å². The van der Waals surface area contributed by atoms with Gasteiger partial charge in [0.2, 0.25) is 10.0 Å². The molecule has 8 heteroatoms. The first-order chi connectivity index (χ1) is 17.2. The van der Waals surface area contributed by atoms with Gasteiger partial charge >= 0.3 is 0 Å². The van der Waals surface area contributed by atoms with Gasteiger partial charge in [0.1, 0.15) is 5.75 Å². The molecule has 1 amide bonds. The Balaban J connectivity index is 1.38. The Labute approximate surface area is 214 Å². The molecule has 0 bridgehead atoms. The minimum Gasteiger partial charge on any atom is -0.481 e. The van der Waals surface area contributed by atoms with Crippen molar-refractivity contribution in [2.75, 3.05) is 43.8 Å². The molecule has 1 atom stereocenters. The average molecular weight is 508 g/mol. The molecule has 3 aromatic rings. The molecule has 0 unspecified atom stereocenters. The van der Waals surface area contributed by atoms with Crippen molar-refractivity contribution >= 4 is 21.6 Å². The van der Waals surface area contributed by atoms with E-state index in [0.717, 1.165) is 19.3 Å². The Morgan fingerprint density at radius 3 is 1.81 bits per heavy atom. The topological polar surface area (TPSA) is 70.2 Å². The predicted octanol–water partition coefficient (Wildman–Crippen LogP) is 3.78. The molecule has 36 heavy (non-hydrogen) atoms. The zero-order valence-electron chi connectivity index (χ0n) is 20.9. The van der Waals surface area contributed by atoms with Gasteiger partial charge in [-0.1, -0.05) is 60.7 Å². The highest BCUT2D eigenvalue weighted by molar-refractivity contribution is 7.92. The van der Waals surface area contributed by atoms with E-state index in [1.54, 1.807) is 31.2 Å². The molecule has 1 aliphatic heterocycles. The summed E-state index contributed by atoms with van der Waals surface area (Å²) in [6.07, 6.45) is 0.508. The Bertz CT molecular complexity index is 1200. The lowest BCUT2D eigenvalue weighted by Gasteiger charge is -2.40. The largest absolute Gasteiger partial charge is 0.481 e. The minimum atomic E-state index is -3.34. The van der Waals surface area contributed by atoms with E-state index in [4.69, 9.17) is 4.74 Å². The van der Waals surface area contributed by atoms with E-state index in [2.05, 4.69) is 53.4 Å². The molecule has 0 aliphatic carbocycles. The second kappa shape index (κ2) is 11.1. The number of carbonyl (C=O) groups excluding carboxylic acids is 1. The molecule has 1 aliphatic rings. The third-order valence-corrected chi connectivity index (χ3v) is 7.79. The van der Waals surface area contributed by atoms with Crippen LogP contribution in [0.2, 0.25) is 0 Å². The summed E-state index contributed by atoms with van der Waals surface area (Å²) in [5, 5.41) is 0. The van der Waals surface area contributed by atoms with Gasteiger partial charge < -0.3 is 9.64 Å². The number of rotatable bonds is 8. The van der Waals surface area contributed by atoms with Gasteiger partial charge in [-0.3, -0.25) is 14.0 Å². The molecular weight excluding hydrogens is 474 g/mol. The lowest BCUT2D eigenvalue weighted by atomic mass is 9.96. The van der Waals surface area contributed by atoms with Crippen LogP contribution in [0.25, 0.3) is 0 Å². The van der Waals surface area contributed by atoms with E-state index in [9.17, 15) is 13.2 Å². The molecule has 7 nitrogen and oxygen atoms in total. The third kappa shape index (κ3) is 6.06. The highest BCUT2D eigenvalue weighted by Gasteiger charge is 2.30. The number of hydrogen-bond donors (Lipinski definition) is 0. The summed E-state index contributed by atoms with van der Waals surface area (Å²) in [4.78, 5) is 17.4. The van der Waals surface area contributed by atoms with Crippen LogP contribution >= 0.6 is 0 Å². The van der Waals surface area contributed by atoms with Gasteiger partial charge in [-0.15, -0.1) is 0 Å². The maximum absolute atomic E-state index is 13.1. The van der Waals surface area contributed by atoms with Crippen LogP contribution in [0.1, 0.15) is 24.1 Å². The second-order valence-electron chi connectivity index (χ2n) is 9.07. The van der Waals surface area contributed by atoms with E-state index < -0.39 is 16.1 Å². The van der Waals surface area contributed by atoms with Gasteiger partial charge in [0.25, 0.3) is 5.91 Å². The normalized spacial score (nSPS) is 15.5. The Morgan fingerprint density at radius 2 is 1.33 bits per heavy atom. The van der Waals surface area contributed by atoms with Crippen LogP contribution in [0, 0.1) is 0 Å². The number of piperazine rings is 1. The average Bonchev–Trinajstić information content (AvgIpc) is 2.89. The van der Waals surface area contributed by atoms with Crippen molar-refractivity contribution in [1.29, 1.82) is 0 Å². The van der Waals surface area contributed by atoms with Gasteiger partial charge in [-0.05, 0) is 42.3 Å². The lowest BCUT2D eigenvalue weighted by molar-refractivity contribution is -0.140. The lowest BCUT2D eigenvalue weighted by Crippen LogP contribution is -2.52. The quantitative estimate of drug-likeness (QED) is 0.464. The molecule has 1 saturated heterocycles. The van der Waals surface area contributed by atoms with Gasteiger partial charge in [0.05, 0.1) is 18.0 Å². The standard InChI is InChI=1S/C28H33N3O4S/c1-22(35-26-16-14-25(15-17-26)29(2)36(3,33)34)28(32)31-20-18-30(19-21-31)27(23-10-6-4-7-11-23)24-12-8-5-9-13-24/h4-17,22,27H,18-21H2,1-3H3/t22-/m1/s1. The molecule has 1 heterocycles. The third-order valence-electron chi connectivity index (χ3n) is 6.58. The van der Waals surface area contributed by atoms with E-state index in [0.29, 0.717) is 24.5 Å². The maximum atomic E-state index is 13.1. The van der Waals surface area contributed by atoms with Crippen molar-refractivity contribution in [3.63, 3.8) is 0 Å². The fourth-order valence-electron chi connectivity index (χ4n) is 4.52. The second-order valence-corrected chi connectivity index (χ2v) is 11.1. The number of sulfonamides is 1. The highest BCUT2D eigenvalue weighted by atomic mass is 32.2. The fourth-order valence-corrected chi connectivity index (χ4v) is 5.03. The minimum absolute atomic E-state index is 0.0528. The van der Waals surface area contributed by atoms with Crippen molar-refractivity contribution in [3.05, 3.63) is 96.1 Å². The summed E-state index contributed by atoms with van der Waals surface area (Å²) in [7, 11) is -1.84. The Morgan fingerprint density at radius 1 is 0.833 bits per heavy atom. The summed E-state index contributed by atoms with van der Waals surface area (Å²) >= 11 is 0. The van der Waals surface area contributed by atoms with Crippen LogP contribution in [0.3, 0.4) is 0 Å². The molecule has 0 saturated carbocycles. The van der Waals surface area contributed by atoms with Crippen LogP contribution in [-0.4, -0.2) is 69.7 Å². The smallest absolute Gasteiger partial charge is 0.263 e. The first-order valence-corrected chi connectivity index (χ1v) is 13.9. The number of nitrogens with zero attached hydrogens (tertiary/aromatic N) is 3. The van der Waals surface area contributed by atoms with E-state index in [-0.39, 0.29) is 11.9 Å². The summed E-state index contributed by atoms with van der Waals surface area (Å²) in [5.41, 5.74) is 3.02. The Hall–Kier alpha value is -3.36. The predicted molar refractivity (Wildman–Crippen MR) is 143 cm³/mol. The van der Waals surface area contributed by atoms with Gasteiger partial charge in [0.15, 0.2) is 6.10 Å². The maximum Gasteiger partial charge on any atom is 0.263 e. The van der Waals surface area contributed by atoms with E-state index in [1.807, 2.05) is 17.0 Å². The number of amides is 1. The summed E-state index contributed by atoms with van der Waals surface area (Å²) < 4.78 is 30.5. The van der Waals surface area contributed by atoms with Crippen molar-refractivity contribution in [2.24, 2.45) is 0 Å². The molecule has 3 aromatic carbocycles. The van der Waals surface area contributed by atoms with Crippen LogP contribution < -0.4 is 9.04 Å². The van der Waals surface area contributed by atoms with Gasteiger partial charge in [0, 0.05) is 33.2 Å². The summed E-state index contributed by atoms with van der Waals surface area (Å²) in [6, 6.07) is 27.8. The van der Waals surface area contributed by atoms with Crippen LogP contribution in [-0.2, 0) is 14.8 Å². The number of anilines is 1. The summed E-state index contributed by atoms with van der Waals surface area (Å²) in [5.74, 6) is 0.469. The first-order valence-electron chi connectivity index (χ1n) is 12.1.